The van der Waals surface area contributed by atoms with E-state index in [1.54, 1.807) is 0 Å². The lowest BCUT2D eigenvalue weighted by Crippen LogP contribution is -2.60. The third-order valence-electron chi connectivity index (χ3n) is 6.29. The first kappa shape index (κ1) is 18.3. The highest BCUT2D eigenvalue weighted by atomic mass is 16.7. The second-order valence-electron chi connectivity index (χ2n) is 8.20. The molecule has 7 heteroatoms. The van der Waals surface area contributed by atoms with Crippen molar-refractivity contribution < 1.29 is 14.6 Å². The van der Waals surface area contributed by atoms with Crippen LogP contribution in [0.3, 0.4) is 0 Å². The predicted octanol–water partition coefficient (Wildman–Crippen LogP) is 1.26. The molecule has 0 spiro atoms. The summed E-state index contributed by atoms with van der Waals surface area (Å²) in [6, 6.07) is 10.0. The van der Waals surface area contributed by atoms with Crippen LogP contribution >= 0.6 is 0 Å². The van der Waals surface area contributed by atoms with E-state index < -0.39 is 12.4 Å². The first-order chi connectivity index (χ1) is 13.7. The summed E-state index contributed by atoms with van der Waals surface area (Å²) in [5, 5.41) is 19.4. The van der Waals surface area contributed by atoms with Gasteiger partial charge in [-0.05, 0) is 38.5 Å². The van der Waals surface area contributed by atoms with Crippen LogP contribution in [0.1, 0.15) is 18.9 Å². The molecule has 28 heavy (non-hydrogen) atoms. The van der Waals surface area contributed by atoms with Gasteiger partial charge in [0.25, 0.3) is 0 Å². The van der Waals surface area contributed by atoms with Crippen LogP contribution in [0.15, 0.2) is 42.7 Å². The second-order valence-corrected chi connectivity index (χ2v) is 8.20. The summed E-state index contributed by atoms with van der Waals surface area (Å²) in [6.45, 7) is 2.66. The van der Waals surface area contributed by atoms with Gasteiger partial charge in [0.2, 0.25) is 0 Å². The largest absolute Gasteiger partial charge is 0.389 e. The lowest BCUT2D eigenvalue weighted by Gasteiger charge is -2.41. The quantitative estimate of drug-likeness (QED) is 0.827. The van der Waals surface area contributed by atoms with Crippen molar-refractivity contribution in [2.45, 2.75) is 49.5 Å². The van der Waals surface area contributed by atoms with E-state index in [1.807, 2.05) is 35.3 Å². The number of aliphatic hydroxyl groups is 1. The Kier molecular flexibility index (Phi) is 4.94. The second kappa shape index (κ2) is 7.57. The molecule has 4 heterocycles. The first-order valence-electron chi connectivity index (χ1n) is 10.2. The zero-order valence-electron chi connectivity index (χ0n) is 16.1. The van der Waals surface area contributed by atoms with E-state index in [9.17, 15) is 5.11 Å². The van der Waals surface area contributed by atoms with Crippen LogP contribution in [-0.2, 0) is 9.47 Å². The van der Waals surface area contributed by atoms with Crippen molar-refractivity contribution in [1.29, 1.82) is 0 Å². The van der Waals surface area contributed by atoms with E-state index in [4.69, 9.17) is 9.47 Å². The minimum absolute atomic E-state index is 0.111. The van der Waals surface area contributed by atoms with Crippen LogP contribution in [0.2, 0.25) is 0 Å². The van der Waals surface area contributed by atoms with Gasteiger partial charge in [-0.15, -0.1) is 0 Å². The van der Waals surface area contributed by atoms with Gasteiger partial charge < -0.3 is 24.8 Å². The summed E-state index contributed by atoms with van der Waals surface area (Å²) in [5.41, 5.74) is 2.12. The van der Waals surface area contributed by atoms with Gasteiger partial charge in [0.1, 0.15) is 12.1 Å². The molecule has 1 aromatic heterocycles. The van der Waals surface area contributed by atoms with Crippen molar-refractivity contribution in [3.63, 3.8) is 0 Å². The van der Waals surface area contributed by atoms with Gasteiger partial charge in [-0.3, -0.25) is 4.68 Å². The van der Waals surface area contributed by atoms with Gasteiger partial charge in [-0.1, -0.05) is 30.3 Å². The molecule has 3 fully saturated rings. The van der Waals surface area contributed by atoms with Gasteiger partial charge in [0.05, 0.1) is 24.9 Å². The molecule has 1 aromatic carbocycles. The standard InChI is InChI=1S/C21H28N4O3/c1-24-9-7-16(8-10-24)23-18-17-13-27-21(28-17)19(20(18)26)25-12-15(11-22-25)14-5-3-2-4-6-14/h2-6,11-12,16-21,23,26H,7-10,13H2,1H3/t17-,18-,19-,20+,21-/m1/s1. The highest BCUT2D eigenvalue weighted by Gasteiger charge is 2.51. The lowest BCUT2D eigenvalue weighted by molar-refractivity contribution is -0.169. The van der Waals surface area contributed by atoms with Crippen molar-refractivity contribution in [2.75, 3.05) is 26.7 Å². The highest BCUT2D eigenvalue weighted by Crippen LogP contribution is 2.36. The minimum atomic E-state index is -0.616. The molecule has 0 radical (unpaired) electrons. The zero-order chi connectivity index (χ0) is 19.1. The third kappa shape index (κ3) is 3.38. The Morgan fingerprint density at radius 3 is 2.71 bits per heavy atom. The molecule has 3 aliphatic heterocycles. The molecular formula is C21H28N4O3. The molecule has 2 bridgehead atoms. The zero-order valence-corrected chi connectivity index (χ0v) is 16.1. The summed E-state index contributed by atoms with van der Waals surface area (Å²) >= 11 is 0. The van der Waals surface area contributed by atoms with E-state index in [1.165, 1.54) is 0 Å². The number of nitrogens with zero attached hydrogens (tertiary/aromatic N) is 3. The normalized spacial score (nSPS) is 34.0. The number of rotatable bonds is 4. The van der Waals surface area contributed by atoms with Crippen LogP contribution in [0.4, 0.5) is 0 Å². The molecule has 0 unspecified atom stereocenters. The Bertz CT molecular complexity index is 790. The van der Waals surface area contributed by atoms with Crippen LogP contribution < -0.4 is 5.32 Å². The molecule has 0 saturated carbocycles. The molecule has 5 atom stereocenters. The van der Waals surface area contributed by atoms with Crippen molar-refractivity contribution in [3.8, 4) is 11.1 Å². The van der Waals surface area contributed by atoms with Gasteiger partial charge in [0, 0.05) is 17.8 Å². The third-order valence-corrected chi connectivity index (χ3v) is 6.29. The fraction of sp³-hybridized carbons (Fsp3) is 0.571. The molecule has 5 rings (SSSR count). The van der Waals surface area contributed by atoms with E-state index >= 15 is 0 Å². The van der Waals surface area contributed by atoms with Crippen molar-refractivity contribution >= 4 is 0 Å². The number of nitrogens with one attached hydrogen (secondary N) is 1. The maximum absolute atomic E-state index is 11.2. The van der Waals surface area contributed by atoms with E-state index in [0.29, 0.717) is 12.6 Å². The molecule has 3 aliphatic rings. The number of hydrogen-bond donors (Lipinski definition) is 2. The number of hydrogen-bond acceptors (Lipinski definition) is 6. The van der Waals surface area contributed by atoms with E-state index in [2.05, 4.69) is 34.5 Å². The van der Waals surface area contributed by atoms with Crippen LogP contribution in [0.5, 0.6) is 0 Å². The Balaban J connectivity index is 1.35. The van der Waals surface area contributed by atoms with Crippen LogP contribution in [0.25, 0.3) is 11.1 Å². The first-order valence-corrected chi connectivity index (χ1v) is 10.2. The molecule has 3 saturated heterocycles. The Morgan fingerprint density at radius 1 is 1.14 bits per heavy atom. The minimum Gasteiger partial charge on any atom is -0.389 e. The summed E-state index contributed by atoms with van der Waals surface area (Å²) in [7, 11) is 2.16. The molecule has 2 aromatic rings. The number of piperidine rings is 1. The molecule has 150 valence electrons. The van der Waals surface area contributed by atoms with Gasteiger partial charge in [0.15, 0.2) is 6.29 Å². The fourth-order valence-electron chi connectivity index (χ4n) is 4.62. The SMILES string of the molecule is CN1CCC(N[C@H]2[C@H](O)[C@@H](n3cc(-c4ccccc4)cn3)[C@@H]3OC[C@H]2O3)CC1. The van der Waals surface area contributed by atoms with Gasteiger partial charge in [-0.25, -0.2) is 0 Å². The molecule has 0 amide bonds. The average molecular weight is 384 g/mol. The summed E-state index contributed by atoms with van der Waals surface area (Å²) in [5.74, 6) is 0. The molecule has 0 aliphatic carbocycles. The predicted molar refractivity (Wildman–Crippen MR) is 105 cm³/mol. The van der Waals surface area contributed by atoms with Gasteiger partial charge >= 0.3 is 0 Å². The van der Waals surface area contributed by atoms with Crippen LogP contribution in [0, 0.1) is 0 Å². The smallest absolute Gasteiger partial charge is 0.183 e. The lowest BCUT2D eigenvalue weighted by atomic mass is 9.93. The van der Waals surface area contributed by atoms with E-state index in [-0.39, 0.29) is 18.2 Å². The Morgan fingerprint density at radius 2 is 1.93 bits per heavy atom. The van der Waals surface area contributed by atoms with Crippen molar-refractivity contribution in [3.05, 3.63) is 42.7 Å². The molecule has 7 nitrogen and oxygen atoms in total. The summed E-state index contributed by atoms with van der Waals surface area (Å²) < 4.78 is 13.8. The summed E-state index contributed by atoms with van der Waals surface area (Å²) in [6.07, 6.45) is 4.79. The van der Waals surface area contributed by atoms with Crippen LogP contribution in [-0.4, -0.2) is 77.1 Å². The Labute approximate surface area is 165 Å². The monoisotopic (exact) mass is 384 g/mol. The number of aromatic nitrogens is 2. The van der Waals surface area contributed by atoms with Crippen molar-refractivity contribution in [1.82, 2.24) is 20.0 Å². The molecule has 2 N–H and O–H groups in total. The number of likely N-dealkylation sites (tertiary alicyclic amines) is 1. The van der Waals surface area contributed by atoms with E-state index in [0.717, 1.165) is 37.1 Å². The van der Waals surface area contributed by atoms with Crippen molar-refractivity contribution in [2.24, 2.45) is 0 Å². The topological polar surface area (TPSA) is 71.8 Å². The van der Waals surface area contributed by atoms with Gasteiger partial charge in [-0.2, -0.15) is 5.10 Å². The average Bonchev–Trinajstić information content (AvgIpc) is 3.37. The number of ether oxygens (including phenoxy) is 2. The summed E-state index contributed by atoms with van der Waals surface area (Å²) in [4.78, 5) is 2.35. The maximum Gasteiger partial charge on any atom is 0.183 e. The molecular weight excluding hydrogens is 356 g/mol. The highest BCUT2D eigenvalue weighted by molar-refractivity contribution is 5.61. The fourth-order valence-corrected chi connectivity index (χ4v) is 4.62. The number of aliphatic hydroxyl groups excluding tert-OH is 1. The maximum atomic E-state index is 11.2. The number of benzene rings is 1. The Hall–Kier alpha value is -1.77. The number of fused-ring (bicyclic) bond motifs is 2.